The number of halogens is 1. The molecule has 2 aromatic rings. The Morgan fingerprint density at radius 2 is 2.24 bits per heavy atom. The SMILES string of the molecule is Cc1cc(Cl)ccc1C(=O)C1CCCN(C(=O)C=Cc2cnc[nH]2)C1. The van der Waals surface area contributed by atoms with Crippen LogP contribution in [-0.2, 0) is 4.79 Å². The van der Waals surface area contributed by atoms with Crippen LogP contribution in [0, 0.1) is 12.8 Å². The second-order valence-corrected chi connectivity index (χ2v) is 6.72. The molecular formula is C19H20ClN3O2. The van der Waals surface area contributed by atoms with Gasteiger partial charge in [-0.1, -0.05) is 11.6 Å². The molecule has 0 bridgehead atoms. The maximum Gasteiger partial charge on any atom is 0.246 e. The number of aryl methyl sites for hydroxylation is 1. The number of aromatic amines is 1. The molecule has 1 aliphatic rings. The lowest BCUT2D eigenvalue weighted by molar-refractivity contribution is -0.127. The number of ketones is 1. The smallest absolute Gasteiger partial charge is 0.246 e. The van der Waals surface area contributed by atoms with Gasteiger partial charge in [0.2, 0.25) is 5.91 Å². The first-order chi connectivity index (χ1) is 12.0. The number of rotatable bonds is 4. The second-order valence-electron chi connectivity index (χ2n) is 6.29. The fourth-order valence-electron chi connectivity index (χ4n) is 3.14. The number of nitrogens with zero attached hydrogens (tertiary/aromatic N) is 2. The minimum atomic E-state index is -0.168. The van der Waals surface area contributed by atoms with Gasteiger partial charge in [0.15, 0.2) is 5.78 Å². The Bertz CT molecular complexity index is 799. The number of carbonyl (C=O) groups is 2. The summed E-state index contributed by atoms with van der Waals surface area (Å²) in [5.74, 6) is -0.165. The third-order valence-electron chi connectivity index (χ3n) is 4.48. The molecule has 130 valence electrons. The molecule has 5 nitrogen and oxygen atoms in total. The monoisotopic (exact) mass is 357 g/mol. The van der Waals surface area contributed by atoms with Crippen molar-refractivity contribution in [2.24, 2.45) is 5.92 Å². The van der Waals surface area contributed by atoms with E-state index in [4.69, 9.17) is 11.6 Å². The highest BCUT2D eigenvalue weighted by molar-refractivity contribution is 6.30. The van der Waals surface area contributed by atoms with Gasteiger partial charge in [0.25, 0.3) is 0 Å². The molecule has 1 aliphatic heterocycles. The van der Waals surface area contributed by atoms with Crippen molar-refractivity contribution in [3.8, 4) is 0 Å². The van der Waals surface area contributed by atoms with E-state index in [0.717, 1.165) is 24.1 Å². The molecule has 0 aliphatic carbocycles. The molecule has 3 rings (SSSR count). The molecule has 2 heterocycles. The van der Waals surface area contributed by atoms with Crippen LogP contribution in [-0.4, -0.2) is 39.6 Å². The summed E-state index contributed by atoms with van der Waals surface area (Å²) in [6, 6.07) is 5.31. The minimum absolute atomic E-state index is 0.0834. The van der Waals surface area contributed by atoms with Gasteiger partial charge in [-0.15, -0.1) is 0 Å². The number of benzene rings is 1. The van der Waals surface area contributed by atoms with Gasteiger partial charge in [0.1, 0.15) is 0 Å². The second kappa shape index (κ2) is 7.66. The predicted molar refractivity (Wildman–Crippen MR) is 97.4 cm³/mol. The molecule has 1 amide bonds. The van der Waals surface area contributed by atoms with Crippen LogP contribution in [0.15, 0.2) is 36.8 Å². The highest BCUT2D eigenvalue weighted by atomic mass is 35.5. The number of Topliss-reactive ketones (excluding diaryl/α,β-unsaturated/α-hetero) is 1. The van der Waals surface area contributed by atoms with E-state index in [1.807, 2.05) is 6.92 Å². The van der Waals surface area contributed by atoms with E-state index < -0.39 is 0 Å². The van der Waals surface area contributed by atoms with Crippen LogP contribution in [0.25, 0.3) is 6.08 Å². The van der Waals surface area contributed by atoms with Gasteiger partial charge in [-0.25, -0.2) is 4.98 Å². The third-order valence-corrected chi connectivity index (χ3v) is 4.72. The van der Waals surface area contributed by atoms with Crippen molar-refractivity contribution in [2.75, 3.05) is 13.1 Å². The molecule has 1 aromatic heterocycles. The van der Waals surface area contributed by atoms with Gasteiger partial charge in [-0.05, 0) is 49.6 Å². The molecule has 6 heteroatoms. The maximum absolute atomic E-state index is 12.8. The largest absolute Gasteiger partial charge is 0.345 e. The highest BCUT2D eigenvalue weighted by Gasteiger charge is 2.28. The van der Waals surface area contributed by atoms with Gasteiger partial charge in [-0.3, -0.25) is 9.59 Å². The number of carbonyl (C=O) groups excluding carboxylic acids is 2. The number of hydrogen-bond acceptors (Lipinski definition) is 3. The Morgan fingerprint density at radius 1 is 1.40 bits per heavy atom. The molecule has 25 heavy (non-hydrogen) atoms. The first-order valence-electron chi connectivity index (χ1n) is 8.30. The molecule has 1 N–H and O–H groups in total. The van der Waals surface area contributed by atoms with Gasteiger partial charge >= 0.3 is 0 Å². The lowest BCUT2D eigenvalue weighted by Gasteiger charge is -2.31. The molecule has 1 fully saturated rings. The Labute approximate surface area is 151 Å². The average molecular weight is 358 g/mol. The number of likely N-dealkylation sites (tertiary alicyclic amines) is 1. The zero-order chi connectivity index (χ0) is 17.8. The van der Waals surface area contributed by atoms with E-state index in [1.54, 1.807) is 41.7 Å². The van der Waals surface area contributed by atoms with Crippen LogP contribution >= 0.6 is 11.6 Å². The molecule has 1 atom stereocenters. The normalized spacial score (nSPS) is 17.8. The first-order valence-corrected chi connectivity index (χ1v) is 8.68. The molecule has 1 aromatic carbocycles. The van der Waals surface area contributed by atoms with Crippen molar-refractivity contribution < 1.29 is 9.59 Å². The molecule has 0 spiro atoms. The first kappa shape index (κ1) is 17.4. The summed E-state index contributed by atoms with van der Waals surface area (Å²) < 4.78 is 0. The summed E-state index contributed by atoms with van der Waals surface area (Å²) in [6.45, 7) is 3.01. The zero-order valence-corrected chi connectivity index (χ0v) is 14.8. The Balaban J connectivity index is 1.68. The minimum Gasteiger partial charge on any atom is -0.345 e. The number of amides is 1. The van der Waals surface area contributed by atoms with Gasteiger partial charge in [0.05, 0.1) is 18.2 Å². The maximum atomic E-state index is 12.8. The number of aromatic nitrogens is 2. The summed E-state index contributed by atoms with van der Waals surface area (Å²) in [4.78, 5) is 33.8. The lowest BCUT2D eigenvalue weighted by atomic mass is 9.88. The van der Waals surface area contributed by atoms with E-state index in [9.17, 15) is 9.59 Å². The van der Waals surface area contributed by atoms with Crippen LogP contribution < -0.4 is 0 Å². The third kappa shape index (κ3) is 4.17. The van der Waals surface area contributed by atoms with Gasteiger partial charge in [0, 0.05) is 35.7 Å². The summed E-state index contributed by atoms with van der Waals surface area (Å²) >= 11 is 5.97. The summed E-state index contributed by atoms with van der Waals surface area (Å²) in [7, 11) is 0. The van der Waals surface area contributed by atoms with Crippen LogP contribution in [0.1, 0.15) is 34.5 Å². The van der Waals surface area contributed by atoms with Crippen LogP contribution in [0.5, 0.6) is 0 Å². The van der Waals surface area contributed by atoms with Crippen molar-refractivity contribution in [2.45, 2.75) is 19.8 Å². The number of piperidine rings is 1. The topological polar surface area (TPSA) is 66.1 Å². The van der Waals surface area contributed by atoms with E-state index in [1.165, 1.54) is 6.08 Å². The van der Waals surface area contributed by atoms with E-state index in [0.29, 0.717) is 23.7 Å². The Morgan fingerprint density at radius 3 is 2.96 bits per heavy atom. The fraction of sp³-hybridized carbons (Fsp3) is 0.316. The van der Waals surface area contributed by atoms with Crippen molar-refractivity contribution in [1.29, 1.82) is 0 Å². The molecule has 1 unspecified atom stereocenters. The molecular weight excluding hydrogens is 338 g/mol. The van der Waals surface area contributed by atoms with Gasteiger partial charge < -0.3 is 9.88 Å². The predicted octanol–water partition coefficient (Wildman–Crippen LogP) is 3.51. The van der Waals surface area contributed by atoms with Crippen molar-refractivity contribution in [1.82, 2.24) is 14.9 Å². The fourth-order valence-corrected chi connectivity index (χ4v) is 3.37. The van der Waals surface area contributed by atoms with Crippen LogP contribution in [0.3, 0.4) is 0 Å². The number of nitrogens with one attached hydrogen (secondary N) is 1. The lowest BCUT2D eigenvalue weighted by Crippen LogP contribution is -2.41. The van der Waals surface area contributed by atoms with Gasteiger partial charge in [-0.2, -0.15) is 0 Å². The van der Waals surface area contributed by atoms with Crippen LogP contribution in [0.2, 0.25) is 5.02 Å². The Hall–Kier alpha value is -2.40. The summed E-state index contributed by atoms with van der Waals surface area (Å²) in [5.41, 5.74) is 2.34. The van der Waals surface area contributed by atoms with Crippen molar-refractivity contribution in [3.05, 3.63) is 58.6 Å². The Kier molecular flexibility index (Phi) is 5.34. The van der Waals surface area contributed by atoms with Crippen molar-refractivity contribution >= 4 is 29.4 Å². The number of H-pyrrole nitrogens is 1. The average Bonchev–Trinajstić information content (AvgIpc) is 3.13. The van der Waals surface area contributed by atoms with Crippen LogP contribution in [0.4, 0.5) is 0 Å². The van der Waals surface area contributed by atoms with E-state index in [-0.39, 0.29) is 17.6 Å². The summed E-state index contributed by atoms with van der Waals surface area (Å²) in [6.07, 6.45) is 8.06. The molecule has 0 saturated carbocycles. The van der Waals surface area contributed by atoms with E-state index >= 15 is 0 Å². The standard InChI is InChI=1S/C19H20ClN3O2/c1-13-9-15(20)4-6-17(13)19(25)14-3-2-8-23(11-14)18(24)7-5-16-10-21-12-22-16/h4-7,9-10,12,14H,2-3,8,11H2,1H3,(H,21,22). The molecule has 0 radical (unpaired) electrons. The van der Waals surface area contributed by atoms with Crippen molar-refractivity contribution in [3.63, 3.8) is 0 Å². The zero-order valence-electron chi connectivity index (χ0n) is 14.0. The quantitative estimate of drug-likeness (QED) is 0.672. The number of hydrogen-bond donors (Lipinski definition) is 1. The molecule has 1 saturated heterocycles. The summed E-state index contributed by atoms with van der Waals surface area (Å²) in [5, 5.41) is 0.624. The van der Waals surface area contributed by atoms with E-state index in [2.05, 4.69) is 9.97 Å². The highest BCUT2D eigenvalue weighted by Crippen LogP contribution is 2.24. The number of imidazole rings is 1.